The zero-order valence-electron chi connectivity index (χ0n) is 19.0. The van der Waals surface area contributed by atoms with Gasteiger partial charge in [0.2, 0.25) is 5.91 Å². The van der Waals surface area contributed by atoms with Crippen LogP contribution in [0.3, 0.4) is 0 Å². The van der Waals surface area contributed by atoms with Crippen molar-refractivity contribution in [3.8, 4) is 5.75 Å². The number of aryl methyl sites for hydroxylation is 1. The first-order chi connectivity index (χ1) is 16.1. The second-order valence-corrected chi connectivity index (χ2v) is 7.70. The highest BCUT2D eigenvalue weighted by Crippen LogP contribution is 2.18. The van der Waals surface area contributed by atoms with Gasteiger partial charge in [0, 0.05) is 29.5 Å². The van der Waals surface area contributed by atoms with Crippen molar-refractivity contribution < 1.29 is 14.3 Å². The fourth-order valence-corrected chi connectivity index (χ4v) is 3.24. The quantitative estimate of drug-likeness (QED) is 0.347. The SMILES string of the molecule is CCCNC(=O)c1ccc(NC(=O)CNc2cccc(OCCCc3ccccc3)c2)cc1. The van der Waals surface area contributed by atoms with Crippen LogP contribution in [-0.2, 0) is 11.2 Å². The van der Waals surface area contributed by atoms with Crippen LogP contribution in [0.25, 0.3) is 0 Å². The van der Waals surface area contributed by atoms with Crippen molar-refractivity contribution in [1.29, 1.82) is 0 Å². The number of carbonyl (C=O) groups excluding carboxylic acids is 2. The molecule has 0 aliphatic heterocycles. The lowest BCUT2D eigenvalue weighted by atomic mass is 10.1. The highest BCUT2D eigenvalue weighted by molar-refractivity contribution is 5.96. The Balaban J connectivity index is 1.40. The van der Waals surface area contributed by atoms with Gasteiger partial charge in [0.15, 0.2) is 0 Å². The molecule has 0 aromatic heterocycles. The van der Waals surface area contributed by atoms with Crippen LogP contribution >= 0.6 is 0 Å². The van der Waals surface area contributed by atoms with Gasteiger partial charge in [0.1, 0.15) is 5.75 Å². The summed E-state index contributed by atoms with van der Waals surface area (Å²) in [6, 6.07) is 24.8. The van der Waals surface area contributed by atoms with E-state index in [4.69, 9.17) is 4.74 Å². The summed E-state index contributed by atoms with van der Waals surface area (Å²) in [6.07, 6.45) is 2.79. The average molecular weight is 446 g/mol. The number of nitrogens with one attached hydrogen (secondary N) is 3. The Morgan fingerprint density at radius 3 is 2.42 bits per heavy atom. The van der Waals surface area contributed by atoms with E-state index in [1.165, 1.54) is 5.56 Å². The Bertz CT molecular complexity index is 1020. The van der Waals surface area contributed by atoms with Crippen molar-refractivity contribution in [2.45, 2.75) is 26.2 Å². The Labute approximate surface area is 195 Å². The topological polar surface area (TPSA) is 79.5 Å². The Kier molecular flexibility index (Phi) is 9.33. The highest BCUT2D eigenvalue weighted by atomic mass is 16.5. The lowest BCUT2D eigenvalue weighted by Crippen LogP contribution is -2.24. The molecule has 0 atom stereocenters. The van der Waals surface area contributed by atoms with Crippen LogP contribution in [0, 0.1) is 0 Å². The van der Waals surface area contributed by atoms with Crippen molar-refractivity contribution in [1.82, 2.24) is 5.32 Å². The molecule has 0 fully saturated rings. The highest BCUT2D eigenvalue weighted by Gasteiger charge is 2.07. The summed E-state index contributed by atoms with van der Waals surface area (Å²) in [4.78, 5) is 24.2. The van der Waals surface area contributed by atoms with Crippen LogP contribution in [0.4, 0.5) is 11.4 Å². The Hall–Kier alpha value is -3.80. The zero-order chi connectivity index (χ0) is 23.3. The number of amides is 2. The van der Waals surface area contributed by atoms with Gasteiger partial charge in [-0.2, -0.15) is 0 Å². The minimum absolute atomic E-state index is 0.112. The molecule has 3 aromatic carbocycles. The lowest BCUT2D eigenvalue weighted by Gasteiger charge is -2.11. The molecule has 6 nitrogen and oxygen atoms in total. The van der Waals surface area contributed by atoms with E-state index in [1.54, 1.807) is 24.3 Å². The summed E-state index contributed by atoms with van der Waals surface area (Å²) in [7, 11) is 0. The standard InChI is InChI=1S/C27H31N3O3/c1-2-17-28-27(32)22-13-15-23(16-14-22)30-26(31)20-29-24-11-6-12-25(19-24)33-18-7-10-21-8-4-3-5-9-21/h3-6,8-9,11-16,19,29H,2,7,10,17-18,20H2,1H3,(H,28,32)(H,30,31). The number of anilines is 2. The largest absolute Gasteiger partial charge is 0.494 e. The number of hydrogen-bond acceptors (Lipinski definition) is 4. The van der Waals surface area contributed by atoms with Crippen molar-refractivity contribution >= 4 is 23.2 Å². The van der Waals surface area contributed by atoms with Crippen LogP contribution in [0.15, 0.2) is 78.9 Å². The van der Waals surface area contributed by atoms with E-state index in [2.05, 4.69) is 28.1 Å². The molecule has 0 aliphatic rings. The summed E-state index contributed by atoms with van der Waals surface area (Å²) < 4.78 is 5.85. The maximum Gasteiger partial charge on any atom is 0.251 e. The molecule has 0 unspecified atom stereocenters. The smallest absolute Gasteiger partial charge is 0.251 e. The van der Waals surface area contributed by atoms with Gasteiger partial charge < -0.3 is 20.7 Å². The van der Waals surface area contributed by atoms with Crippen LogP contribution in [0.1, 0.15) is 35.7 Å². The average Bonchev–Trinajstić information content (AvgIpc) is 2.85. The van der Waals surface area contributed by atoms with Crippen LogP contribution in [0.2, 0.25) is 0 Å². The second-order valence-electron chi connectivity index (χ2n) is 7.70. The predicted octanol–water partition coefficient (Wildman–Crippen LogP) is 4.89. The molecule has 33 heavy (non-hydrogen) atoms. The molecular formula is C27H31N3O3. The van der Waals surface area contributed by atoms with Crippen LogP contribution in [-0.4, -0.2) is 31.5 Å². The summed E-state index contributed by atoms with van der Waals surface area (Å²) >= 11 is 0. The molecule has 0 saturated carbocycles. The summed E-state index contributed by atoms with van der Waals surface area (Å²) in [5.41, 5.74) is 3.33. The molecule has 0 heterocycles. The fraction of sp³-hybridized carbons (Fsp3) is 0.259. The molecule has 0 radical (unpaired) electrons. The Morgan fingerprint density at radius 1 is 0.879 bits per heavy atom. The van der Waals surface area contributed by atoms with E-state index in [0.29, 0.717) is 24.4 Å². The van der Waals surface area contributed by atoms with Gasteiger partial charge in [-0.1, -0.05) is 43.3 Å². The van der Waals surface area contributed by atoms with Gasteiger partial charge >= 0.3 is 0 Å². The summed E-state index contributed by atoms with van der Waals surface area (Å²) in [6.45, 7) is 3.40. The number of rotatable bonds is 12. The summed E-state index contributed by atoms with van der Waals surface area (Å²) in [5.74, 6) is 0.483. The van der Waals surface area contributed by atoms with E-state index in [1.807, 2.05) is 49.4 Å². The van der Waals surface area contributed by atoms with Gasteiger partial charge in [-0.25, -0.2) is 0 Å². The van der Waals surface area contributed by atoms with Crippen molar-refractivity contribution in [2.24, 2.45) is 0 Å². The van der Waals surface area contributed by atoms with Crippen LogP contribution < -0.4 is 20.7 Å². The van der Waals surface area contributed by atoms with E-state index in [-0.39, 0.29) is 18.4 Å². The van der Waals surface area contributed by atoms with Gasteiger partial charge in [-0.05, 0) is 61.2 Å². The van der Waals surface area contributed by atoms with E-state index >= 15 is 0 Å². The number of benzene rings is 3. The predicted molar refractivity (Wildman–Crippen MR) is 133 cm³/mol. The first-order valence-corrected chi connectivity index (χ1v) is 11.3. The number of carbonyl (C=O) groups is 2. The third kappa shape index (κ3) is 8.33. The van der Waals surface area contributed by atoms with Gasteiger partial charge in [-0.3, -0.25) is 9.59 Å². The van der Waals surface area contributed by atoms with E-state index in [9.17, 15) is 9.59 Å². The van der Waals surface area contributed by atoms with Gasteiger partial charge in [0.05, 0.1) is 13.2 Å². The molecule has 3 N–H and O–H groups in total. The van der Waals surface area contributed by atoms with Crippen LogP contribution in [0.5, 0.6) is 5.75 Å². The molecule has 2 amide bonds. The molecule has 0 saturated heterocycles. The molecule has 3 aromatic rings. The third-order valence-electron chi connectivity index (χ3n) is 4.97. The first-order valence-electron chi connectivity index (χ1n) is 11.3. The second kappa shape index (κ2) is 12.9. The number of hydrogen-bond donors (Lipinski definition) is 3. The monoisotopic (exact) mass is 445 g/mol. The maximum atomic E-state index is 12.3. The number of ether oxygens (including phenoxy) is 1. The molecule has 0 spiro atoms. The minimum atomic E-state index is -0.174. The van der Waals surface area contributed by atoms with Gasteiger partial charge in [0.25, 0.3) is 5.91 Å². The molecule has 0 aliphatic carbocycles. The van der Waals surface area contributed by atoms with Gasteiger partial charge in [-0.15, -0.1) is 0 Å². The van der Waals surface area contributed by atoms with E-state index < -0.39 is 0 Å². The van der Waals surface area contributed by atoms with E-state index in [0.717, 1.165) is 30.7 Å². The molecule has 0 bridgehead atoms. The first kappa shape index (κ1) is 23.9. The molecule has 3 rings (SSSR count). The minimum Gasteiger partial charge on any atom is -0.494 e. The molecule has 172 valence electrons. The van der Waals surface area contributed by atoms with Crippen molar-refractivity contribution in [3.05, 3.63) is 90.0 Å². The summed E-state index contributed by atoms with van der Waals surface area (Å²) in [5, 5.41) is 8.78. The van der Waals surface area contributed by atoms with Crippen molar-refractivity contribution in [3.63, 3.8) is 0 Å². The fourth-order valence-electron chi connectivity index (χ4n) is 3.24. The Morgan fingerprint density at radius 2 is 1.67 bits per heavy atom. The molecular weight excluding hydrogens is 414 g/mol. The lowest BCUT2D eigenvalue weighted by molar-refractivity contribution is -0.114. The maximum absolute atomic E-state index is 12.3. The third-order valence-corrected chi connectivity index (χ3v) is 4.97. The normalized spacial score (nSPS) is 10.3. The van der Waals surface area contributed by atoms with Crippen molar-refractivity contribution in [2.75, 3.05) is 30.3 Å². The zero-order valence-corrected chi connectivity index (χ0v) is 19.0. The molecule has 6 heteroatoms.